The lowest BCUT2D eigenvalue weighted by Crippen LogP contribution is -2.48. The molecule has 1 saturated carbocycles. The molecule has 21 heavy (non-hydrogen) atoms. The molecule has 3 rings (SSSR count). The van der Waals surface area contributed by atoms with Crippen molar-refractivity contribution < 1.29 is 14.7 Å². The summed E-state index contributed by atoms with van der Waals surface area (Å²) in [4.78, 5) is 26.5. The summed E-state index contributed by atoms with van der Waals surface area (Å²) in [5, 5.41) is 9.01. The number of carbonyl (C=O) groups excluding carboxylic acids is 1. The molecule has 1 aliphatic heterocycles. The summed E-state index contributed by atoms with van der Waals surface area (Å²) < 4.78 is 0. The summed E-state index contributed by atoms with van der Waals surface area (Å²) >= 11 is 0. The van der Waals surface area contributed by atoms with Gasteiger partial charge in [0.2, 0.25) is 5.91 Å². The SMILES string of the molecule is CN1CCN(c2ccc(C3(CC(=O)O)CC3)cc2)CC1=O. The first-order valence-corrected chi connectivity index (χ1v) is 7.31. The lowest BCUT2D eigenvalue weighted by molar-refractivity contribution is -0.137. The van der Waals surface area contributed by atoms with Crippen LogP contribution in [0.5, 0.6) is 0 Å². The number of aliphatic carboxylic acids is 1. The Labute approximate surface area is 124 Å². The van der Waals surface area contributed by atoms with E-state index in [4.69, 9.17) is 5.11 Å². The van der Waals surface area contributed by atoms with Gasteiger partial charge in [-0.15, -0.1) is 0 Å². The number of carboxylic acid groups (broad SMARTS) is 1. The van der Waals surface area contributed by atoms with Crippen molar-refractivity contribution in [2.24, 2.45) is 0 Å². The molecule has 2 aliphatic rings. The van der Waals surface area contributed by atoms with E-state index in [0.29, 0.717) is 6.54 Å². The van der Waals surface area contributed by atoms with Crippen LogP contribution in [0.3, 0.4) is 0 Å². The highest BCUT2D eigenvalue weighted by Crippen LogP contribution is 2.51. The Balaban J connectivity index is 1.73. The number of likely N-dealkylation sites (N-methyl/N-ethyl adjacent to an activating group) is 1. The zero-order chi connectivity index (χ0) is 15.0. The molecule has 2 fully saturated rings. The maximum absolute atomic E-state index is 11.8. The summed E-state index contributed by atoms with van der Waals surface area (Å²) in [5.41, 5.74) is 1.99. The largest absolute Gasteiger partial charge is 0.481 e. The number of benzene rings is 1. The Kier molecular flexibility index (Phi) is 3.35. The summed E-state index contributed by atoms with van der Waals surface area (Å²) in [5.74, 6) is -0.601. The van der Waals surface area contributed by atoms with Crippen LogP contribution in [-0.2, 0) is 15.0 Å². The number of carboxylic acids is 1. The minimum atomic E-state index is -0.735. The molecule has 1 heterocycles. The van der Waals surface area contributed by atoms with Gasteiger partial charge in [-0.25, -0.2) is 0 Å². The van der Waals surface area contributed by atoms with E-state index in [9.17, 15) is 9.59 Å². The predicted octanol–water partition coefficient (Wildman–Crippen LogP) is 1.47. The van der Waals surface area contributed by atoms with E-state index >= 15 is 0 Å². The molecule has 0 bridgehead atoms. The average molecular weight is 288 g/mol. The second kappa shape index (κ2) is 5.06. The molecular formula is C16H20N2O3. The van der Waals surface area contributed by atoms with E-state index < -0.39 is 5.97 Å². The van der Waals surface area contributed by atoms with Crippen LogP contribution < -0.4 is 4.90 Å². The van der Waals surface area contributed by atoms with E-state index in [1.54, 1.807) is 4.90 Å². The van der Waals surface area contributed by atoms with Crippen LogP contribution in [0.15, 0.2) is 24.3 Å². The summed E-state index contributed by atoms with van der Waals surface area (Å²) in [6.45, 7) is 1.99. The molecule has 1 amide bonds. The summed E-state index contributed by atoms with van der Waals surface area (Å²) in [7, 11) is 1.82. The quantitative estimate of drug-likeness (QED) is 0.911. The van der Waals surface area contributed by atoms with Gasteiger partial charge in [-0.05, 0) is 30.5 Å². The number of amides is 1. The van der Waals surface area contributed by atoms with E-state index in [0.717, 1.165) is 37.2 Å². The third-order valence-corrected chi connectivity index (χ3v) is 4.65. The van der Waals surface area contributed by atoms with Crippen molar-refractivity contribution in [3.8, 4) is 0 Å². The van der Waals surface area contributed by atoms with E-state index in [1.165, 1.54) is 0 Å². The molecule has 0 unspecified atom stereocenters. The van der Waals surface area contributed by atoms with Gasteiger partial charge in [-0.1, -0.05) is 12.1 Å². The molecule has 112 valence electrons. The topological polar surface area (TPSA) is 60.9 Å². The maximum Gasteiger partial charge on any atom is 0.304 e. The minimum absolute atomic E-state index is 0.134. The van der Waals surface area contributed by atoms with Gasteiger partial charge in [-0.2, -0.15) is 0 Å². The van der Waals surface area contributed by atoms with E-state index in [-0.39, 0.29) is 17.7 Å². The monoisotopic (exact) mass is 288 g/mol. The normalized spacial score (nSPS) is 20.5. The fourth-order valence-corrected chi connectivity index (χ4v) is 3.01. The number of anilines is 1. The Morgan fingerprint density at radius 1 is 1.24 bits per heavy atom. The van der Waals surface area contributed by atoms with Gasteiger partial charge < -0.3 is 14.9 Å². The van der Waals surface area contributed by atoms with Crippen molar-refractivity contribution in [1.82, 2.24) is 4.90 Å². The highest BCUT2D eigenvalue weighted by atomic mass is 16.4. The second-order valence-electron chi connectivity index (χ2n) is 6.13. The van der Waals surface area contributed by atoms with Crippen LogP contribution in [0.4, 0.5) is 5.69 Å². The molecule has 0 atom stereocenters. The van der Waals surface area contributed by atoms with Crippen molar-refractivity contribution in [1.29, 1.82) is 0 Å². The van der Waals surface area contributed by atoms with Crippen molar-refractivity contribution in [2.45, 2.75) is 24.7 Å². The van der Waals surface area contributed by atoms with Crippen LogP contribution >= 0.6 is 0 Å². The molecule has 1 saturated heterocycles. The standard InChI is InChI=1S/C16H20N2O3/c1-17-8-9-18(11-14(17)19)13-4-2-12(3-5-13)16(6-7-16)10-15(20)21/h2-5H,6-11H2,1H3,(H,20,21). The van der Waals surface area contributed by atoms with Gasteiger partial charge in [0.05, 0.1) is 13.0 Å². The molecule has 1 aromatic rings. The van der Waals surface area contributed by atoms with Gasteiger partial charge in [0.25, 0.3) is 0 Å². The summed E-state index contributed by atoms with van der Waals surface area (Å²) in [6.07, 6.45) is 2.11. The van der Waals surface area contributed by atoms with Crippen molar-refractivity contribution in [3.63, 3.8) is 0 Å². The van der Waals surface area contributed by atoms with E-state index in [2.05, 4.69) is 4.90 Å². The maximum atomic E-state index is 11.8. The molecular weight excluding hydrogens is 268 g/mol. The zero-order valence-corrected chi connectivity index (χ0v) is 12.2. The highest BCUT2D eigenvalue weighted by Gasteiger charge is 2.45. The number of carbonyl (C=O) groups is 2. The first kappa shape index (κ1) is 13.9. The third kappa shape index (κ3) is 2.73. The third-order valence-electron chi connectivity index (χ3n) is 4.65. The smallest absolute Gasteiger partial charge is 0.304 e. The lowest BCUT2D eigenvalue weighted by Gasteiger charge is -2.33. The highest BCUT2D eigenvalue weighted by molar-refractivity contribution is 5.82. The van der Waals surface area contributed by atoms with Gasteiger partial charge in [0, 0.05) is 31.2 Å². The number of piperazine rings is 1. The fourth-order valence-electron chi connectivity index (χ4n) is 3.01. The first-order valence-electron chi connectivity index (χ1n) is 7.31. The summed E-state index contributed by atoms with van der Waals surface area (Å²) in [6, 6.07) is 8.06. The number of nitrogens with zero attached hydrogens (tertiary/aromatic N) is 2. The van der Waals surface area contributed by atoms with Gasteiger partial charge in [-0.3, -0.25) is 9.59 Å². The minimum Gasteiger partial charge on any atom is -0.481 e. The van der Waals surface area contributed by atoms with Crippen LogP contribution in [0.25, 0.3) is 0 Å². The molecule has 1 aliphatic carbocycles. The van der Waals surface area contributed by atoms with Gasteiger partial charge in [0.15, 0.2) is 0 Å². The van der Waals surface area contributed by atoms with Crippen LogP contribution in [0.2, 0.25) is 0 Å². The van der Waals surface area contributed by atoms with Crippen molar-refractivity contribution in [2.75, 3.05) is 31.6 Å². The van der Waals surface area contributed by atoms with Gasteiger partial charge >= 0.3 is 5.97 Å². The molecule has 1 N–H and O–H groups in total. The fraction of sp³-hybridized carbons (Fsp3) is 0.500. The van der Waals surface area contributed by atoms with Crippen LogP contribution in [-0.4, -0.2) is 48.6 Å². The molecule has 0 spiro atoms. The molecule has 0 radical (unpaired) electrons. The zero-order valence-electron chi connectivity index (χ0n) is 12.2. The lowest BCUT2D eigenvalue weighted by atomic mass is 9.92. The molecule has 1 aromatic carbocycles. The Bertz CT molecular complexity index is 563. The Hall–Kier alpha value is -2.04. The van der Waals surface area contributed by atoms with Crippen LogP contribution in [0, 0.1) is 0 Å². The molecule has 5 nitrogen and oxygen atoms in total. The average Bonchev–Trinajstić information content (AvgIpc) is 3.22. The number of rotatable bonds is 4. The predicted molar refractivity (Wildman–Crippen MR) is 79.5 cm³/mol. The number of hydrogen-bond donors (Lipinski definition) is 1. The van der Waals surface area contributed by atoms with E-state index in [1.807, 2.05) is 31.3 Å². The molecule has 5 heteroatoms. The van der Waals surface area contributed by atoms with Crippen molar-refractivity contribution >= 4 is 17.6 Å². The second-order valence-corrected chi connectivity index (χ2v) is 6.13. The Morgan fingerprint density at radius 2 is 1.90 bits per heavy atom. The van der Waals surface area contributed by atoms with Gasteiger partial charge in [0.1, 0.15) is 0 Å². The van der Waals surface area contributed by atoms with Crippen LogP contribution in [0.1, 0.15) is 24.8 Å². The Morgan fingerprint density at radius 3 is 2.43 bits per heavy atom. The van der Waals surface area contributed by atoms with Crippen molar-refractivity contribution in [3.05, 3.63) is 29.8 Å². The first-order chi connectivity index (χ1) is 10.00. The number of hydrogen-bond acceptors (Lipinski definition) is 3. The molecule has 0 aromatic heterocycles.